The summed E-state index contributed by atoms with van der Waals surface area (Å²) in [7, 11) is 0. The standard InChI is InChI=1S/C24H34N2O5.C13H22O5.C10H14O5.C7H10O5/c1-8-12-17(18-22(29)31-24(6,7)30-18)20(27)26-19(23(3,4)5)21(28)25-15(2)16-13-10-9-11-14-16;1-6-7-10(12(15)17-8(2)3)11(14)13(16)18-9(4)5;1-4-5-6(8(11)12)7-9(13)15-10(2,3)14-7;1-2-3-4(6(9)10)5(8)7(11)12/h8-11,13-15,17-19H,1,12H2,2-7H3,(H,25,28)(H,26,27);6,8-11,14H,1,7H2,2-5H3;4,6-7H,1,5H2,2-3H3,(H,11,12);2,4-5,8H,1,3H2,(H,9,10)(H,11,12)/t15-,17-,18+,19-;10-,11+;6-,7+;4-,5+/m1111/s1. The zero-order valence-electron chi connectivity index (χ0n) is 45.6. The Morgan fingerprint density at radius 1 is 0.605 bits per heavy atom. The van der Waals surface area contributed by atoms with E-state index in [4.69, 9.17) is 48.8 Å². The van der Waals surface area contributed by atoms with Crippen LogP contribution >= 0.6 is 0 Å². The summed E-state index contributed by atoms with van der Waals surface area (Å²) in [4.78, 5) is 105. The molecule has 76 heavy (non-hydrogen) atoms. The van der Waals surface area contributed by atoms with Crippen LogP contribution in [-0.4, -0.2) is 133 Å². The van der Waals surface area contributed by atoms with E-state index in [9.17, 15) is 48.3 Å². The van der Waals surface area contributed by atoms with E-state index in [0.29, 0.717) is 0 Å². The minimum absolute atomic E-state index is 0.0667. The minimum Gasteiger partial charge on any atom is -0.481 e. The van der Waals surface area contributed by atoms with E-state index in [1.54, 1.807) is 61.5 Å². The topological polar surface area (TPSA) is 334 Å². The van der Waals surface area contributed by atoms with Crippen LogP contribution in [0.1, 0.15) is 120 Å². The zero-order chi connectivity index (χ0) is 59.1. The van der Waals surface area contributed by atoms with E-state index in [1.807, 2.05) is 58.0 Å². The lowest BCUT2D eigenvalue weighted by molar-refractivity contribution is -0.170. The largest absolute Gasteiger partial charge is 0.481 e. The van der Waals surface area contributed by atoms with Gasteiger partial charge < -0.3 is 64.6 Å². The van der Waals surface area contributed by atoms with Crippen molar-refractivity contribution in [3.8, 4) is 0 Å². The maximum absolute atomic E-state index is 13.2. The third kappa shape index (κ3) is 23.8. The number of nitrogens with one attached hydrogen (secondary N) is 2. The predicted molar refractivity (Wildman–Crippen MR) is 275 cm³/mol. The molecule has 2 fully saturated rings. The molecule has 2 aliphatic rings. The number of hydrogen-bond donors (Lipinski definition) is 7. The number of rotatable bonds is 24. The van der Waals surface area contributed by atoms with Gasteiger partial charge in [-0.3, -0.25) is 24.0 Å². The predicted octanol–water partition coefficient (Wildman–Crippen LogP) is 5.36. The molecular formula is C54H80N2O20. The molecule has 2 saturated heterocycles. The monoisotopic (exact) mass is 1080 g/mol. The van der Waals surface area contributed by atoms with Gasteiger partial charge >= 0.3 is 41.8 Å². The van der Waals surface area contributed by atoms with Crippen LogP contribution in [0.3, 0.4) is 0 Å². The summed E-state index contributed by atoms with van der Waals surface area (Å²) in [6.45, 7) is 34.5. The number of carboxylic acids is 3. The normalized spacial score (nSPS) is 19.3. The number of carboxylic acid groups (broad SMARTS) is 3. The Balaban J connectivity index is 0.00000107. The van der Waals surface area contributed by atoms with Crippen molar-refractivity contribution < 1.29 is 97.1 Å². The van der Waals surface area contributed by atoms with E-state index < -0.39 is 119 Å². The average molecular weight is 1080 g/mol. The van der Waals surface area contributed by atoms with Crippen molar-refractivity contribution >= 4 is 53.6 Å². The third-order valence-electron chi connectivity index (χ3n) is 10.7. The molecule has 0 unspecified atom stereocenters. The highest BCUT2D eigenvalue weighted by atomic mass is 16.8. The second kappa shape index (κ2) is 32.0. The average Bonchev–Trinajstić information content (AvgIpc) is 3.75. The summed E-state index contributed by atoms with van der Waals surface area (Å²) < 4.78 is 30.8. The number of benzene rings is 1. The molecule has 2 aliphatic heterocycles. The Morgan fingerprint density at radius 2 is 1.03 bits per heavy atom. The lowest BCUT2D eigenvalue weighted by Crippen LogP contribution is -2.56. The Labute approximate surface area is 444 Å². The molecule has 22 nitrogen and oxygen atoms in total. The number of ether oxygens (including phenoxy) is 6. The van der Waals surface area contributed by atoms with Crippen molar-refractivity contribution in [2.24, 2.45) is 29.1 Å². The van der Waals surface area contributed by atoms with Gasteiger partial charge in [0.15, 0.2) is 24.4 Å². The summed E-state index contributed by atoms with van der Waals surface area (Å²) in [5.41, 5.74) is 0.397. The maximum atomic E-state index is 13.2. The van der Waals surface area contributed by atoms with Crippen LogP contribution < -0.4 is 10.6 Å². The first kappa shape index (κ1) is 69.2. The fourth-order valence-corrected chi connectivity index (χ4v) is 7.01. The van der Waals surface area contributed by atoms with Crippen molar-refractivity contribution in [3.63, 3.8) is 0 Å². The SMILES string of the molecule is C=CC[C@@H](C(=O)N[C@H](C(=O)N[C@H](C)c1ccccc1)C(C)(C)C)[C@@H]1OC(C)(C)OC1=O.C=CC[C@@H](C(=O)O)[C@@H]1OC(C)(C)OC1=O.C=CC[C@@H](C(=O)O)[C@H](O)C(=O)O.C=CC[C@@H](C(=O)OC(C)C)[C@H](O)C(=O)OC(C)C. The summed E-state index contributed by atoms with van der Waals surface area (Å²) in [5.74, 6) is -13.6. The summed E-state index contributed by atoms with van der Waals surface area (Å²) in [6.07, 6.45) is 0.0112. The van der Waals surface area contributed by atoms with Crippen molar-refractivity contribution in [1.29, 1.82) is 0 Å². The third-order valence-corrected chi connectivity index (χ3v) is 10.7. The molecule has 3 rings (SSSR count). The minimum atomic E-state index is -1.87. The van der Waals surface area contributed by atoms with Gasteiger partial charge in [0.1, 0.15) is 6.04 Å². The first-order valence-electron chi connectivity index (χ1n) is 24.4. The van der Waals surface area contributed by atoms with Crippen molar-refractivity contribution in [2.75, 3.05) is 0 Å². The van der Waals surface area contributed by atoms with Crippen molar-refractivity contribution in [2.45, 2.75) is 169 Å². The van der Waals surface area contributed by atoms with Crippen LogP contribution in [0, 0.1) is 29.1 Å². The van der Waals surface area contributed by atoms with Gasteiger partial charge in [0.25, 0.3) is 0 Å². The second-order valence-electron chi connectivity index (χ2n) is 20.1. The molecule has 1 aromatic carbocycles. The Morgan fingerprint density at radius 3 is 1.39 bits per heavy atom. The zero-order valence-corrected chi connectivity index (χ0v) is 45.6. The van der Waals surface area contributed by atoms with Gasteiger partial charge in [-0.05, 0) is 71.3 Å². The molecule has 1 aromatic rings. The molecule has 0 aromatic heterocycles. The maximum Gasteiger partial charge on any atom is 0.338 e. The molecule has 0 bridgehead atoms. The summed E-state index contributed by atoms with van der Waals surface area (Å²) in [5, 5.41) is 50.1. The lowest BCUT2D eigenvalue weighted by atomic mass is 9.85. The molecule has 10 atom stereocenters. The van der Waals surface area contributed by atoms with E-state index >= 15 is 0 Å². The van der Waals surface area contributed by atoms with Crippen LogP contribution in [0.15, 0.2) is 81.0 Å². The van der Waals surface area contributed by atoms with Gasteiger partial charge in [-0.25, -0.2) is 19.2 Å². The lowest BCUT2D eigenvalue weighted by Gasteiger charge is -2.33. The van der Waals surface area contributed by atoms with Crippen molar-refractivity contribution in [1.82, 2.24) is 10.6 Å². The number of carbonyl (C=O) groups excluding carboxylic acids is 6. The number of aliphatic carboxylic acids is 3. The van der Waals surface area contributed by atoms with E-state index in [2.05, 4.69) is 36.9 Å². The molecule has 22 heteroatoms. The molecule has 2 heterocycles. The summed E-state index contributed by atoms with van der Waals surface area (Å²) in [6, 6.07) is 8.54. The highest BCUT2D eigenvalue weighted by Gasteiger charge is 2.49. The van der Waals surface area contributed by atoms with Gasteiger partial charge in [0.05, 0.1) is 41.9 Å². The van der Waals surface area contributed by atoms with E-state index in [-0.39, 0.29) is 49.8 Å². The van der Waals surface area contributed by atoms with Gasteiger partial charge in [-0.15, -0.1) is 26.3 Å². The fraction of sp³-hybridized carbons (Fsp3) is 0.574. The van der Waals surface area contributed by atoms with Crippen LogP contribution in [0.25, 0.3) is 0 Å². The second-order valence-corrected chi connectivity index (χ2v) is 20.1. The number of carbonyl (C=O) groups is 9. The Bertz CT molecular complexity index is 2160. The molecular weight excluding hydrogens is 997 g/mol. The number of hydrogen-bond acceptors (Lipinski definition) is 17. The highest BCUT2D eigenvalue weighted by molar-refractivity contribution is 5.92. The molecule has 0 saturated carbocycles. The number of allylic oxidation sites excluding steroid dienone is 4. The van der Waals surface area contributed by atoms with Crippen molar-refractivity contribution in [3.05, 3.63) is 86.5 Å². The number of aliphatic hydroxyl groups excluding tert-OH is 2. The number of cyclic esters (lactones) is 2. The first-order valence-corrected chi connectivity index (χ1v) is 24.4. The van der Waals surface area contributed by atoms with Gasteiger partial charge in [0, 0.05) is 27.7 Å². The quantitative estimate of drug-likeness (QED) is 0.0389. The molecule has 2 amide bonds. The van der Waals surface area contributed by atoms with E-state index in [1.165, 1.54) is 18.2 Å². The fourth-order valence-electron chi connectivity index (χ4n) is 7.01. The summed E-state index contributed by atoms with van der Waals surface area (Å²) >= 11 is 0. The number of amides is 2. The van der Waals surface area contributed by atoms with Gasteiger partial charge in [-0.2, -0.15) is 0 Å². The van der Waals surface area contributed by atoms with Crippen LogP contribution in [0.5, 0.6) is 0 Å². The molecule has 426 valence electrons. The van der Waals surface area contributed by atoms with Crippen LogP contribution in [0.2, 0.25) is 0 Å². The Hall–Kier alpha value is -6.75. The van der Waals surface area contributed by atoms with Crippen LogP contribution in [0.4, 0.5) is 0 Å². The van der Waals surface area contributed by atoms with Gasteiger partial charge in [-0.1, -0.05) is 75.4 Å². The highest BCUT2D eigenvalue weighted by Crippen LogP contribution is 2.32. The van der Waals surface area contributed by atoms with Crippen LogP contribution in [-0.2, 0) is 71.6 Å². The molecule has 0 radical (unpaired) electrons. The number of aliphatic hydroxyl groups is 2. The number of esters is 4. The molecule has 0 aliphatic carbocycles. The van der Waals surface area contributed by atoms with Gasteiger partial charge in [0.2, 0.25) is 23.4 Å². The van der Waals surface area contributed by atoms with E-state index in [0.717, 1.165) is 5.56 Å². The first-order chi connectivity index (χ1) is 35.0. The smallest absolute Gasteiger partial charge is 0.338 e. The molecule has 7 N–H and O–H groups in total. The molecule has 0 spiro atoms. The Kier molecular flexibility index (Phi) is 29.1.